The smallest absolute Gasteiger partial charge is 0.600 e. The second-order valence-corrected chi connectivity index (χ2v) is 8.51. The van der Waals surface area contributed by atoms with E-state index < -0.39 is 16.0 Å². The number of halogens is 4. The van der Waals surface area contributed by atoms with Gasteiger partial charge in [-0.3, -0.25) is 0 Å². The zero-order valence-corrected chi connectivity index (χ0v) is 15.8. The summed E-state index contributed by atoms with van der Waals surface area (Å²) in [5.41, 5.74) is -3.35. The Morgan fingerprint density at radius 1 is 1.05 bits per heavy atom. The molecule has 22 heavy (non-hydrogen) atoms. The first-order valence-electron chi connectivity index (χ1n) is 7.31. The van der Waals surface area contributed by atoms with Crippen LogP contribution in [0.2, 0.25) is 0 Å². The van der Waals surface area contributed by atoms with E-state index in [1.165, 1.54) is 0 Å². The topological polar surface area (TPSA) is 0 Å². The molecule has 0 aliphatic rings. The van der Waals surface area contributed by atoms with E-state index in [9.17, 15) is 13.2 Å². The third-order valence-corrected chi connectivity index (χ3v) is 5.79. The van der Waals surface area contributed by atoms with Crippen LogP contribution in [0, 0.1) is 0 Å². The molecular weight excluding hydrogens is 373 g/mol. The molecule has 5 heteroatoms. The molecule has 1 unspecified atom stereocenters. The predicted molar refractivity (Wildman–Crippen MR) is 85.0 cm³/mol. The van der Waals surface area contributed by atoms with Crippen molar-refractivity contribution in [3.63, 3.8) is 0 Å². The zero-order valence-electron chi connectivity index (χ0n) is 13.4. The fraction of sp³-hybridized carbons (Fsp3) is 0.529. The lowest BCUT2D eigenvalue weighted by molar-refractivity contribution is -0.0867. The van der Waals surface area contributed by atoms with Gasteiger partial charge in [-0.05, 0) is 23.5 Å². The van der Waals surface area contributed by atoms with Crippen LogP contribution >= 0.6 is 10.5 Å². The van der Waals surface area contributed by atoms with Crippen molar-refractivity contribution in [1.29, 1.82) is 0 Å². The van der Waals surface area contributed by atoms with Crippen molar-refractivity contribution >= 4 is 20.6 Å². The SMILES string of the molecule is CCCCc1cc2ccc(C(C)(C)C)cc2[s+]1C(F)(F)F.[Br-]. The average molecular weight is 395 g/mol. The highest BCUT2D eigenvalue weighted by atomic mass is 79.9. The number of unbranched alkanes of at least 4 members (excludes halogenated alkanes) is 1. The molecule has 2 rings (SSSR count). The van der Waals surface area contributed by atoms with Gasteiger partial charge in [0.15, 0.2) is 9.58 Å². The Hall–Kier alpha value is -0.550. The van der Waals surface area contributed by atoms with Crippen LogP contribution in [0.3, 0.4) is 0 Å². The summed E-state index contributed by atoms with van der Waals surface area (Å²) < 4.78 is 41.0. The van der Waals surface area contributed by atoms with Crippen LogP contribution in [0.1, 0.15) is 51.0 Å². The number of hydrogen-bond donors (Lipinski definition) is 0. The highest BCUT2D eigenvalue weighted by molar-refractivity contribution is 7.38. The minimum atomic E-state index is -4.18. The van der Waals surface area contributed by atoms with Gasteiger partial charge in [-0.15, -0.1) is 13.2 Å². The molecule has 0 nitrogen and oxygen atoms in total. The number of alkyl halides is 3. The van der Waals surface area contributed by atoms with E-state index in [1.54, 1.807) is 12.1 Å². The molecule has 1 atom stereocenters. The maximum atomic E-state index is 13.5. The van der Waals surface area contributed by atoms with Crippen molar-refractivity contribution in [2.75, 3.05) is 0 Å². The fourth-order valence-electron chi connectivity index (χ4n) is 2.47. The Balaban J connectivity index is 0.00000242. The van der Waals surface area contributed by atoms with Crippen molar-refractivity contribution in [2.45, 2.75) is 57.9 Å². The fourth-order valence-corrected chi connectivity index (χ4v) is 4.50. The first kappa shape index (κ1) is 19.5. The van der Waals surface area contributed by atoms with Crippen molar-refractivity contribution < 1.29 is 30.2 Å². The summed E-state index contributed by atoms with van der Waals surface area (Å²) in [6.45, 7) is 8.09. The summed E-state index contributed by atoms with van der Waals surface area (Å²) in [7, 11) is -1.74. The van der Waals surface area contributed by atoms with Crippen molar-refractivity contribution in [3.8, 4) is 0 Å². The average Bonchev–Trinajstić information content (AvgIpc) is 2.71. The molecule has 1 heterocycles. The van der Waals surface area contributed by atoms with Crippen molar-refractivity contribution in [2.24, 2.45) is 0 Å². The summed E-state index contributed by atoms with van der Waals surface area (Å²) in [5.74, 6) is 0. The van der Waals surface area contributed by atoms with E-state index in [-0.39, 0.29) is 22.4 Å². The van der Waals surface area contributed by atoms with Gasteiger partial charge in [-0.1, -0.05) is 40.2 Å². The van der Waals surface area contributed by atoms with E-state index in [0.29, 0.717) is 16.0 Å². The first-order valence-corrected chi connectivity index (χ1v) is 8.53. The lowest BCUT2D eigenvalue weighted by atomic mass is 9.87. The zero-order chi connectivity index (χ0) is 15.8. The van der Waals surface area contributed by atoms with Crippen LogP contribution in [0.25, 0.3) is 10.1 Å². The van der Waals surface area contributed by atoms with E-state index in [1.807, 2.05) is 39.8 Å². The van der Waals surface area contributed by atoms with Gasteiger partial charge in [-0.25, -0.2) is 0 Å². The molecule has 0 radical (unpaired) electrons. The van der Waals surface area contributed by atoms with Gasteiger partial charge in [0, 0.05) is 23.9 Å². The second-order valence-electron chi connectivity index (χ2n) is 6.47. The molecule has 0 saturated heterocycles. The summed E-state index contributed by atoms with van der Waals surface area (Å²) in [5, 5.41) is 0.745. The van der Waals surface area contributed by atoms with E-state index in [4.69, 9.17) is 0 Å². The second kappa shape index (κ2) is 6.91. The van der Waals surface area contributed by atoms with Gasteiger partial charge in [0.2, 0.25) is 0 Å². The minimum Gasteiger partial charge on any atom is -1.00 e. The Bertz CT molecular complexity index is 636. The maximum Gasteiger partial charge on any atom is 0.600 e. The molecule has 2 aromatic rings. The number of aryl methyl sites for hydroxylation is 1. The number of rotatable bonds is 3. The van der Waals surface area contributed by atoms with Crippen LogP contribution < -0.4 is 17.0 Å². The van der Waals surface area contributed by atoms with Crippen LogP contribution in [-0.4, -0.2) is 0 Å². The predicted octanol–water partition coefficient (Wildman–Crippen LogP) is 3.71. The number of fused-ring (bicyclic) bond motifs is 1. The molecule has 124 valence electrons. The molecule has 0 fully saturated rings. The number of hydrogen-bond acceptors (Lipinski definition) is 0. The maximum absolute atomic E-state index is 13.5. The molecule has 0 N–H and O–H groups in total. The summed E-state index contributed by atoms with van der Waals surface area (Å²) >= 11 is 0. The van der Waals surface area contributed by atoms with Crippen molar-refractivity contribution in [3.05, 3.63) is 34.7 Å². The molecule has 0 aliphatic carbocycles. The first-order chi connectivity index (χ1) is 9.64. The summed E-state index contributed by atoms with van der Waals surface area (Å²) in [6, 6.07) is 7.33. The highest BCUT2D eigenvalue weighted by Gasteiger charge is 2.47. The molecule has 1 aromatic carbocycles. The minimum absolute atomic E-state index is 0. The van der Waals surface area contributed by atoms with E-state index >= 15 is 0 Å². The monoisotopic (exact) mass is 394 g/mol. The van der Waals surface area contributed by atoms with Crippen molar-refractivity contribution in [1.82, 2.24) is 0 Å². The van der Waals surface area contributed by atoms with Gasteiger partial charge in [0.1, 0.15) is 0 Å². The Kier molecular flexibility index (Phi) is 6.13. The third kappa shape index (κ3) is 4.05. The van der Waals surface area contributed by atoms with Gasteiger partial charge < -0.3 is 17.0 Å². The Morgan fingerprint density at radius 2 is 1.68 bits per heavy atom. The van der Waals surface area contributed by atoms with Crippen LogP contribution in [-0.2, 0) is 17.3 Å². The molecule has 0 saturated carbocycles. The molecule has 0 spiro atoms. The molecule has 0 bridgehead atoms. The largest absolute Gasteiger partial charge is 1.00 e. The third-order valence-electron chi connectivity index (χ3n) is 3.69. The Morgan fingerprint density at radius 3 is 2.18 bits per heavy atom. The molecular formula is C17H22BrF3S. The number of benzene rings is 1. The number of thiophene rings is 1. The molecule has 1 aromatic heterocycles. The standard InChI is InChI=1S/C17H22F3S.BrH/c1-5-6-7-14-10-12-8-9-13(16(2,3)4)11-15(12)21(14)17(18,19)20;/h8-11H,5-7H2,1-4H3;1H/q+1;/p-1. The van der Waals surface area contributed by atoms with Gasteiger partial charge in [0.05, 0.1) is 10.5 Å². The quantitative estimate of drug-likeness (QED) is 0.696. The van der Waals surface area contributed by atoms with Crippen LogP contribution in [0.15, 0.2) is 24.3 Å². The summed E-state index contributed by atoms with van der Waals surface area (Å²) in [6.07, 6.45) is 2.26. The van der Waals surface area contributed by atoms with Crippen LogP contribution in [0.4, 0.5) is 13.2 Å². The Labute approximate surface area is 143 Å². The van der Waals surface area contributed by atoms with E-state index in [2.05, 4.69) is 0 Å². The lowest BCUT2D eigenvalue weighted by Gasteiger charge is -2.18. The van der Waals surface area contributed by atoms with Gasteiger partial charge in [-0.2, -0.15) is 0 Å². The van der Waals surface area contributed by atoms with Crippen LogP contribution in [0.5, 0.6) is 0 Å². The highest BCUT2D eigenvalue weighted by Crippen LogP contribution is 2.51. The molecule has 0 aliphatic heterocycles. The lowest BCUT2D eigenvalue weighted by Crippen LogP contribution is -3.00. The summed E-state index contributed by atoms with van der Waals surface area (Å²) in [4.78, 5) is 0.547. The molecule has 0 amide bonds. The normalized spacial score (nSPS) is 13.3. The van der Waals surface area contributed by atoms with Gasteiger partial charge >= 0.3 is 5.51 Å². The van der Waals surface area contributed by atoms with Gasteiger partial charge in [0.25, 0.3) is 0 Å². The van der Waals surface area contributed by atoms with E-state index in [0.717, 1.165) is 23.8 Å².